The van der Waals surface area contributed by atoms with Crippen LogP contribution in [0.2, 0.25) is 0 Å². The first-order valence-corrected chi connectivity index (χ1v) is 6.22. The van der Waals surface area contributed by atoms with Crippen LogP contribution in [-0.4, -0.2) is 18.9 Å². The maximum Gasteiger partial charge on any atom is 0.313 e. The molecule has 6 nitrogen and oxygen atoms in total. The summed E-state index contributed by atoms with van der Waals surface area (Å²) in [5, 5.41) is 2.25. The lowest BCUT2D eigenvalue weighted by Gasteiger charge is -2.13. The Morgan fingerprint density at radius 3 is 2.41 bits per heavy atom. The van der Waals surface area contributed by atoms with Gasteiger partial charge in [0, 0.05) is 6.07 Å². The average molecular weight is 304 g/mol. The lowest BCUT2D eigenvalue weighted by molar-refractivity contribution is -0.134. The van der Waals surface area contributed by atoms with Crippen LogP contribution in [0.5, 0.6) is 17.2 Å². The predicted molar refractivity (Wildman–Crippen MR) is 77.3 cm³/mol. The van der Waals surface area contributed by atoms with Crippen molar-refractivity contribution in [3.63, 3.8) is 0 Å². The van der Waals surface area contributed by atoms with Crippen LogP contribution in [0.1, 0.15) is 0 Å². The minimum atomic E-state index is -1.16. The number of para-hydroxylation sites is 2. The summed E-state index contributed by atoms with van der Waals surface area (Å²) in [7, 11) is 1.46. The van der Waals surface area contributed by atoms with E-state index in [-0.39, 0.29) is 11.4 Å². The van der Waals surface area contributed by atoms with E-state index in [4.69, 9.17) is 15.2 Å². The molecule has 2 rings (SSSR count). The molecule has 2 aromatic carbocycles. The van der Waals surface area contributed by atoms with E-state index < -0.39 is 17.6 Å². The van der Waals surface area contributed by atoms with Crippen molar-refractivity contribution in [1.29, 1.82) is 0 Å². The second kappa shape index (κ2) is 6.57. The fourth-order valence-corrected chi connectivity index (χ4v) is 1.69. The Kier molecular flexibility index (Phi) is 4.57. The van der Waals surface area contributed by atoms with E-state index in [0.29, 0.717) is 11.5 Å². The van der Waals surface area contributed by atoms with E-state index in [1.807, 2.05) is 0 Å². The van der Waals surface area contributed by atoms with Crippen LogP contribution in [0.3, 0.4) is 0 Å². The number of rotatable bonds is 4. The fraction of sp³-hybridized carbons (Fsp3) is 0.0667. The zero-order valence-corrected chi connectivity index (χ0v) is 11.6. The highest BCUT2D eigenvalue weighted by molar-refractivity contribution is 6.39. The number of hydrogen-bond donors (Lipinski definition) is 2. The molecule has 0 aromatic heterocycles. The van der Waals surface area contributed by atoms with Crippen molar-refractivity contribution in [2.75, 3.05) is 12.4 Å². The van der Waals surface area contributed by atoms with Gasteiger partial charge in [-0.3, -0.25) is 9.59 Å². The summed E-state index contributed by atoms with van der Waals surface area (Å²) in [5.74, 6) is -1.99. The van der Waals surface area contributed by atoms with Crippen molar-refractivity contribution in [3.8, 4) is 17.2 Å². The SMILES string of the molecule is COc1ccccc1Oc1cc(F)ccc1NC(=O)C(N)=O. The van der Waals surface area contributed by atoms with E-state index in [2.05, 4.69) is 5.32 Å². The Labute approximate surface area is 125 Å². The van der Waals surface area contributed by atoms with Gasteiger partial charge in [-0.1, -0.05) is 12.1 Å². The number of primary amides is 1. The fourth-order valence-electron chi connectivity index (χ4n) is 1.69. The summed E-state index contributed by atoms with van der Waals surface area (Å²) in [6.45, 7) is 0. The molecular weight excluding hydrogens is 291 g/mol. The molecular formula is C15H13FN2O4. The lowest BCUT2D eigenvalue weighted by atomic mass is 10.2. The first-order valence-electron chi connectivity index (χ1n) is 6.22. The third-order valence-electron chi connectivity index (χ3n) is 2.70. The molecule has 0 radical (unpaired) electrons. The molecule has 0 aliphatic heterocycles. The summed E-state index contributed by atoms with van der Waals surface area (Å²) in [4.78, 5) is 22.2. The van der Waals surface area contributed by atoms with Gasteiger partial charge >= 0.3 is 11.8 Å². The highest BCUT2D eigenvalue weighted by Gasteiger charge is 2.15. The Morgan fingerprint density at radius 2 is 1.77 bits per heavy atom. The van der Waals surface area contributed by atoms with Gasteiger partial charge in [0.15, 0.2) is 17.2 Å². The molecule has 114 valence electrons. The molecule has 0 fully saturated rings. The average Bonchev–Trinajstić information content (AvgIpc) is 2.50. The van der Waals surface area contributed by atoms with Crippen LogP contribution >= 0.6 is 0 Å². The third kappa shape index (κ3) is 3.51. The number of anilines is 1. The normalized spacial score (nSPS) is 9.91. The quantitative estimate of drug-likeness (QED) is 0.846. The van der Waals surface area contributed by atoms with Gasteiger partial charge in [-0.25, -0.2) is 4.39 Å². The van der Waals surface area contributed by atoms with Crippen LogP contribution < -0.4 is 20.5 Å². The molecule has 0 aliphatic rings. The van der Waals surface area contributed by atoms with E-state index in [1.165, 1.54) is 13.2 Å². The second-order valence-electron chi connectivity index (χ2n) is 4.21. The van der Waals surface area contributed by atoms with Crippen molar-refractivity contribution in [2.45, 2.75) is 0 Å². The molecule has 0 bridgehead atoms. The number of carbonyl (C=O) groups is 2. The minimum Gasteiger partial charge on any atom is -0.493 e. The number of carbonyl (C=O) groups excluding carboxylic acids is 2. The molecule has 7 heteroatoms. The minimum absolute atomic E-state index is 0.0131. The standard InChI is InChI=1S/C15H13FN2O4/c1-21-11-4-2-3-5-12(11)22-13-8-9(16)6-7-10(13)18-15(20)14(17)19/h2-8H,1H3,(H2,17,19)(H,18,20). The molecule has 0 saturated carbocycles. The molecule has 0 unspecified atom stereocenters. The third-order valence-corrected chi connectivity index (χ3v) is 2.70. The maximum atomic E-state index is 13.4. The first kappa shape index (κ1) is 15.3. The Balaban J connectivity index is 2.35. The number of amides is 2. The van der Waals surface area contributed by atoms with Gasteiger partial charge in [-0.15, -0.1) is 0 Å². The van der Waals surface area contributed by atoms with Gasteiger partial charge in [0.25, 0.3) is 0 Å². The molecule has 0 aliphatic carbocycles. The number of nitrogens with two attached hydrogens (primary N) is 1. The summed E-state index contributed by atoms with van der Waals surface area (Å²) < 4.78 is 24.1. The molecule has 0 spiro atoms. The summed E-state index contributed by atoms with van der Waals surface area (Å²) in [5.41, 5.74) is 4.98. The molecule has 3 N–H and O–H groups in total. The van der Waals surface area contributed by atoms with E-state index >= 15 is 0 Å². The van der Waals surface area contributed by atoms with Gasteiger partial charge < -0.3 is 20.5 Å². The zero-order valence-electron chi connectivity index (χ0n) is 11.6. The summed E-state index contributed by atoms with van der Waals surface area (Å²) in [6.07, 6.45) is 0. The smallest absolute Gasteiger partial charge is 0.313 e. The van der Waals surface area contributed by atoms with Crippen molar-refractivity contribution >= 4 is 17.5 Å². The first-order chi connectivity index (χ1) is 10.5. The van der Waals surface area contributed by atoms with Crippen LogP contribution in [0.15, 0.2) is 42.5 Å². The number of methoxy groups -OCH3 is 1. The highest BCUT2D eigenvalue weighted by atomic mass is 19.1. The molecule has 2 amide bonds. The monoisotopic (exact) mass is 304 g/mol. The van der Waals surface area contributed by atoms with Crippen LogP contribution in [0.4, 0.5) is 10.1 Å². The van der Waals surface area contributed by atoms with E-state index in [0.717, 1.165) is 12.1 Å². The zero-order chi connectivity index (χ0) is 16.1. The number of benzene rings is 2. The molecule has 22 heavy (non-hydrogen) atoms. The van der Waals surface area contributed by atoms with Crippen LogP contribution in [0.25, 0.3) is 0 Å². The highest BCUT2D eigenvalue weighted by Crippen LogP contribution is 2.35. The van der Waals surface area contributed by atoms with Crippen molar-refractivity contribution < 1.29 is 23.5 Å². The van der Waals surface area contributed by atoms with Gasteiger partial charge in [-0.2, -0.15) is 0 Å². The van der Waals surface area contributed by atoms with Gasteiger partial charge in [-0.05, 0) is 24.3 Å². The topological polar surface area (TPSA) is 90.7 Å². The van der Waals surface area contributed by atoms with Gasteiger partial charge in [0.2, 0.25) is 0 Å². The van der Waals surface area contributed by atoms with E-state index in [9.17, 15) is 14.0 Å². The second-order valence-corrected chi connectivity index (χ2v) is 4.21. The number of hydrogen-bond acceptors (Lipinski definition) is 4. The number of ether oxygens (including phenoxy) is 2. The Hall–Kier alpha value is -3.09. The molecule has 0 saturated heterocycles. The van der Waals surface area contributed by atoms with Crippen molar-refractivity contribution in [1.82, 2.24) is 0 Å². The number of nitrogens with one attached hydrogen (secondary N) is 1. The van der Waals surface area contributed by atoms with E-state index in [1.54, 1.807) is 24.3 Å². The molecule has 0 heterocycles. The lowest BCUT2D eigenvalue weighted by Crippen LogP contribution is -2.29. The molecule has 0 atom stereocenters. The maximum absolute atomic E-state index is 13.4. The van der Waals surface area contributed by atoms with Crippen molar-refractivity contribution in [3.05, 3.63) is 48.3 Å². The summed E-state index contributed by atoms with van der Waals surface area (Å²) >= 11 is 0. The predicted octanol–water partition coefficient (Wildman–Crippen LogP) is 2.05. The largest absolute Gasteiger partial charge is 0.493 e. The van der Waals surface area contributed by atoms with Gasteiger partial charge in [0.05, 0.1) is 12.8 Å². The van der Waals surface area contributed by atoms with Crippen molar-refractivity contribution in [2.24, 2.45) is 5.73 Å². The summed E-state index contributed by atoms with van der Waals surface area (Å²) in [6, 6.07) is 10.2. The molecule has 2 aromatic rings. The van der Waals surface area contributed by atoms with Gasteiger partial charge in [0.1, 0.15) is 5.82 Å². The number of halogens is 1. The Morgan fingerprint density at radius 1 is 1.09 bits per heavy atom. The van der Waals surface area contributed by atoms with Crippen LogP contribution in [-0.2, 0) is 9.59 Å². The Bertz CT molecular complexity index is 718. The van der Waals surface area contributed by atoms with Crippen LogP contribution in [0, 0.1) is 5.82 Å².